The molecule has 1 aliphatic rings. The van der Waals surface area contributed by atoms with Crippen molar-refractivity contribution >= 4 is 17.7 Å². The van der Waals surface area contributed by atoms with Crippen molar-refractivity contribution in [2.45, 2.75) is 19.4 Å². The van der Waals surface area contributed by atoms with Gasteiger partial charge in [-0.25, -0.2) is 4.39 Å². The predicted molar refractivity (Wildman–Crippen MR) is 88.3 cm³/mol. The molecule has 1 atom stereocenters. The van der Waals surface area contributed by atoms with Crippen LogP contribution in [0.4, 0.5) is 4.39 Å². The van der Waals surface area contributed by atoms with Gasteiger partial charge in [-0.05, 0) is 12.1 Å². The van der Waals surface area contributed by atoms with E-state index in [1.165, 1.54) is 37.1 Å². The highest BCUT2D eigenvalue weighted by atomic mass is 19.1. The number of piperazine rings is 1. The van der Waals surface area contributed by atoms with Crippen molar-refractivity contribution < 1.29 is 23.5 Å². The smallest absolute Gasteiger partial charge is 0.244 e. The lowest BCUT2D eigenvalue weighted by Crippen LogP contribution is -2.60. The molecule has 2 rings (SSSR count). The molecule has 1 aliphatic heterocycles. The van der Waals surface area contributed by atoms with Gasteiger partial charge in [-0.15, -0.1) is 0 Å². The first-order chi connectivity index (χ1) is 11.9. The lowest BCUT2D eigenvalue weighted by Gasteiger charge is -2.40. The summed E-state index contributed by atoms with van der Waals surface area (Å²) in [4.78, 5) is 39.0. The van der Waals surface area contributed by atoms with Crippen molar-refractivity contribution in [2.24, 2.45) is 0 Å². The topological polar surface area (TPSA) is 79.0 Å². The molecule has 0 bridgehead atoms. The lowest BCUT2D eigenvalue weighted by molar-refractivity contribution is -0.147. The SMILES string of the molecule is CNC(=O)C1CN(C(=O)CCOc2cccc(F)c2)CCN1C(C)=O. The van der Waals surface area contributed by atoms with E-state index < -0.39 is 11.9 Å². The zero-order valence-electron chi connectivity index (χ0n) is 14.3. The molecular formula is C17H22FN3O4. The highest BCUT2D eigenvalue weighted by molar-refractivity contribution is 5.88. The fourth-order valence-electron chi connectivity index (χ4n) is 2.75. The van der Waals surface area contributed by atoms with Crippen molar-refractivity contribution in [3.63, 3.8) is 0 Å². The average Bonchev–Trinajstić information content (AvgIpc) is 2.60. The van der Waals surface area contributed by atoms with Crippen LogP contribution in [-0.2, 0) is 14.4 Å². The molecule has 8 heteroatoms. The Hall–Kier alpha value is -2.64. The molecule has 136 valence electrons. The Balaban J connectivity index is 1.89. The Morgan fingerprint density at radius 1 is 1.32 bits per heavy atom. The zero-order chi connectivity index (χ0) is 18.4. The van der Waals surface area contributed by atoms with Gasteiger partial charge in [0.2, 0.25) is 17.7 Å². The van der Waals surface area contributed by atoms with Crippen LogP contribution in [0, 0.1) is 5.82 Å². The molecule has 3 amide bonds. The van der Waals surface area contributed by atoms with Crippen LogP contribution in [0.15, 0.2) is 24.3 Å². The first-order valence-electron chi connectivity index (χ1n) is 8.07. The van der Waals surface area contributed by atoms with Gasteiger partial charge >= 0.3 is 0 Å². The number of benzene rings is 1. The second-order valence-electron chi connectivity index (χ2n) is 5.74. The Bertz CT molecular complexity index is 653. The van der Waals surface area contributed by atoms with Gasteiger partial charge in [-0.1, -0.05) is 6.07 Å². The molecule has 0 aliphatic carbocycles. The van der Waals surface area contributed by atoms with Gasteiger partial charge in [0.25, 0.3) is 0 Å². The van der Waals surface area contributed by atoms with Crippen molar-refractivity contribution in [1.82, 2.24) is 15.1 Å². The van der Waals surface area contributed by atoms with Crippen LogP contribution in [0.1, 0.15) is 13.3 Å². The maximum atomic E-state index is 13.1. The summed E-state index contributed by atoms with van der Waals surface area (Å²) in [5.41, 5.74) is 0. The molecular weight excluding hydrogens is 329 g/mol. The number of likely N-dealkylation sites (N-methyl/N-ethyl adjacent to an activating group) is 1. The van der Waals surface area contributed by atoms with E-state index in [9.17, 15) is 18.8 Å². The van der Waals surface area contributed by atoms with Crippen LogP contribution in [-0.4, -0.2) is 66.9 Å². The van der Waals surface area contributed by atoms with Crippen LogP contribution in [0.25, 0.3) is 0 Å². The van der Waals surface area contributed by atoms with E-state index in [-0.39, 0.29) is 37.3 Å². The standard InChI is InChI=1S/C17H22FN3O4/c1-12(22)21-8-7-20(11-15(21)17(24)19-2)16(23)6-9-25-14-5-3-4-13(18)10-14/h3-5,10,15H,6-9,11H2,1-2H3,(H,19,24). The fraction of sp³-hybridized carbons (Fsp3) is 0.471. The molecule has 1 heterocycles. The van der Waals surface area contributed by atoms with Crippen LogP contribution in [0.2, 0.25) is 0 Å². The molecule has 1 N–H and O–H groups in total. The highest BCUT2D eigenvalue weighted by Crippen LogP contribution is 2.14. The largest absolute Gasteiger partial charge is 0.493 e. The van der Waals surface area contributed by atoms with Gasteiger partial charge in [0, 0.05) is 33.1 Å². The molecule has 1 fully saturated rings. The summed E-state index contributed by atoms with van der Waals surface area (Å²) in [6.45, 7) is 2.34. The van der Waals surface area contributed by atoms with Gasteiger partial charge in [0.1, 0.15) is 17.6 Å². The summed E-state index contributed by atoms with van der Waals surface area (Å²) in [6.07, 6.45) is 0.108. The third kappa shape index (κ3) is 4.91. The Kier molecular flexibility index (Phi) is 6.32. The number of nitrogens with zero attached hydrogens (tertiary/aromatic N) is 2. The summed E-state index contributed by atoms with van der Waals surface area (Å²) in [6, 6.07) is 5.01. The van der Waals surface area contributed by atoms with E-state index >= 15 is 0 Å². The van der Waals surface area contributed by atoms with E-state index in [4.69, 9.17) is 4.74 Å². The molecule has 0 saturated carbocycles. The molecule has 0 spiro atoms. The number of ether oxygens (including phenoxy) is 1. The highest BCUT2D eigenvalue weighted by Gasteiger charge is 2.34. The van der Waals surface area contributed by atoms with Crippen molar-refractivity contribution in [2.75, 3.05) is 33.3 Å². The van der Waals surface area contributed by atoms with Crippen LogP contribution in [0.5, 0.6) is 5.75 Å². The zero-order valence-corrected chi connectivity index (χ0v) is 14.3. The minimum Gasteiger partial charge on any atom is -0.493 e. The second-order valence-corrected chi connectivity index (χ2v) is 5.74. The molecule has 0 radical (unpaired) electrons. The Morgan fingerprint density at radius 2 is 2.08 bits per heavy atom. The minimum atomic E-state index is -0.690. The van der Waals surface area contributed by atoms with E-state index in [1.807, 2.05) is 0 Å². The molecule has 0 aromatic heterocycles. The maximum absolute atomic E-state index is 13.1. The number of hydrogen-bond donors (Lipinski definition) is 1. The van der Waals surface area contributed by atoms with Gasteiger partial charge in [0.15, 0.2) is 0 Å². The van der Waals surface area contributed by atoms with Crippen LogP contribution in [0.3, 0.4) is 0 Å². The number of hydrogen-bond acceptors (Lipinski definition) is 4. The first kappa shape index (κ1) is 18.7. The summed E-state index contributed by atoms with van der Waals surface area (Å²) < 4.78 is 18.4. The molecule has 1 saturated heterocycles. The molecule has 1 aromatic rings. The summed E-state index contributed by atoms with van der Waals surface area (Å²) in [7, 11) is 1.49. The van der Waals surface area contributed by atoms with E-state index in [1.54, 1.807) is 11.0 Å². The third-order valence-electron chi connectivity index (χ3n) is 4.07. The van der Waals surface area contributed by atoms with Crippen molar-refractivity contribution in [3.8, 4) is 5.75 Å². The minimum absolute atomic E-state index is 0.108. The molecule has 1 unspecified atom stereocenters. The quantitative estimate of drug-likeness (QED) is 0.833. The van der Waals surface area contributed by atoms with Crippen LogP contribution >= 0.6 is 0 Å². The second kappa shape index (κ2) is 8.46. The molecule has 25 heavy (non-hydrogen) atoms. The number of nitrogens with one attached hydrogen (secondary N) is 1. The van der Waals surface area contributed by atoms with E-state index in [0.29, 0.717) is 18.8 Å². The predicted octanol–water partition coefficient (Wildman–Crippen LogP) is 0.400. The lowest BCUT2D eigenvalue weighted by atomic mass is 10.1. The van der Waals surface area contributed by atoms with Crippen LogP contribution < -0.4 is 10.1 Å². The summed E-state index contributed by atoms with van der Waals surface area (Å²) in [5, 5.41) is 2.52. The van der Waals surface area contributed by atoms with Gasteiger partial charge in [0.05, 0.1) is 19.6 Å². The number of carbonyl (C=O) groups excluding carboxylic acids is 3. The monoisotopic (exact) mass is 351 g/mol. The average molecular weight is 351 g/mol. The summed E-state index contributed by atoms with van der Waals surface area (Å²) in [5.74, 6) is -0.720. The third-order valence-corrected chi connectivity index (χ3v) is 4.07. The number of carbonyl (C=O) groups is 3. The Labute approximate surface area is 145 Å². The van der Waals surface area contributed by atoms with Gasteiger partial charge < -0.3 is 19.9 Å². The first-order valence-corrected chi connectivity index (χ1v) is 8.07. The number of rotatable bonds is 5. The van der Waals surface area contributed by atoms with Gasteiger partial charge in [-0.3, -0.25) is 14.4 Å². The normalized spacial score (nSPS) is 17.2. The van der Waals surface area contributed by atoms with Crippen molar-refractivity contribution in [1.29, 1.82) is 0 Å². The van der Waals surface area contributed by atoms with E-state index in [2.05, 4.69) is 5.32 Å². The summed E-state index contributed by atoms with van der Waals surface area (Å²) >= 11 is 0. The molecule has 7 nitrogen and oxygen atoms in total. The number of amides is 3. The van der Waals surface area contributed by atoms with E-state index in [0.717, 1.165) is 0 Å². The number of halogens is 1. The fourth-order valence-corrected chi connectivity index (χ4v) is 2.75. The van der Waals surface area contributed by atoms with Gasteiger partial charge in [-0.2, -0.15) is 0 Å². The molecule has 1 aromatic carbocycles. The Morgan fingerprint density at radius 3 is 2.72 bits per heavy atom. The van der Waals surface area contributed by atoms with Crippen molar-refractivity contribution in [3.05, 3.63) is 30.1 Å². The maximum Gasteiger partial charge on any atom is 0.244 e.